The van der Waals surface area contributed by atoms with Crippen molar-refractivity contribution in [2.45, 2.75) is 31.6 Å². The summed E-state index contributed by atoms with van der Waals surface area (Å²) in [5, 5.41) is 7.54. The Labute approximate surface area is 180 Å². The molecule has 1 N–H and O–H groups in total. The Hall–Kier alpha value is -3.54. The van der Waals surface area contributed by atoms with E-state index < -0.39 is 0 Å². The molecule has 1 aromatic heterocycles. The minimum absolute atomic E-state index is 0.0422. The van der Waals surface area contributed by atoms with Gasteiger partial charge in [-0.2, -0.15) is 0 Å². The van der Waals surface area contributed by atoms with E-state index in [0.29, 0.717) is 30.2 Å². The van der Waals surface area contributed by atoms with E-state index in [4.69, 9.17) is 14.0 Å². The first kappa shape index (κ1) is 19.4. The van der Waals surface area contributed by atoms with E-state index in [9.17, 15) is 4.79 Å². The molecule has 6 nitrogen and oxygen atoms in total. The molecule has 0 amide bonds. The lowest BCUT2D eigenvalue weighted by Gasteiger charge is -2.34. The van der Waals surface area contributed by atoms with Gasteiger partial charge in [-0.25, -0.2) is 0 Å². The Morgan fingerprint density at radius 2 is 1.77 bits per heavy atom. The normalized spacial score (nSPS) is 20.0. The molecule has 6 heteroatoms. The molecule has 0 radical (unpaired) electrons. The van der Waals surface area contributed by atoms with Gasteiger partial charge >= 0.3 is 0 Å². The molecule has 2 atom stereocenters. The summed E-state index contributed by atoms with van der Waals surface area (Å²) in [6, 6.07) is 16.0. The number of aromatic nitrogens is 1. The lowest BCUT2D eigenvalue weighted by Crippen LogP contribution is -2.29. The van der Waals surface area contributed by atoms with Crippen LogP contribution >= 0.6 is 0 Å². The lowest BCUT2D eigenvalue weighted by atomic mass is 9.72. The van der Waals surface area contributed by atoms with Gasteiger partial charge in [0, 0.05) is 23.6 Å². The van der Waals surface area contributed by atoms with Crippen LogP contribution in [0.25, 0.3) is 0 Å². The molecular weight excluding hydrogens is 392 g/mol. The van der Waals surface area contributed by atoms with E-state index in [1.54, 1.807) is 14.2 Å². The molecule has 0 saturated heterocycles. The number of nitrogens with zero attached hydrogens (tertiary/aromatic N) is 1. The fourth-order valence-corrected chi connectivity index (χ4v) is 4.79. The third-order valence-corrected chi connectivity index (χ3v) is 6.27. The van der Waals surface area contributed by atoms with Gasteiger partial charge in [0.05, 0.1) is 25.5 Å². The second-order valence-electron chi connectivity index (χ2n) is 8.01. The molecule has 5 rings (SSSR count). The maximum Gasteiger partial charge on any atom is 0.233 e. The molecule has 2 aromatic carbocycles. The van der Waals surface area contributed by atoms with Crippen molar-refractivity contribution in [3.05, 3.63) is 82.2 Å². The summed E-state index contributed by atoms with van der Waals surface area (Å²) in [4.78, 5) is 13.5. The van der Waals surface area contributed by atoms with Crippen LogP contribution in [0.1, 0.15) is 47.1 Å². The second kappa shape index (κ2) is 7.61. The van der Waals surface area contributed by atoms with Crippen molar-refractivity contribution in [3.63, 3.8) is 0 Å². The second-order valence-corrected chi connectivity index (χ2v) is 8.01. The van der Waals surface area contributed by atoms with Crippen LogP contribution in [0.3, 0.4) is 0 Å². The van der Waals surface area contributed by atoms with Crippen molar-refractivity contribution >= 4 is 11.7 Å². The number of benzene rings is 2. The molecule has 1 aliphatic heterocycles. The van der Waals surface area contributed by atoms with Crippen LogP contribution in [0.5, 0.6) is 11.5 Å². The van der Waals surface area contributed by atoms with Crippen LogP contribution in [0, 0.1) is 6.92 Å². The van der Waals surface area contributed by atoms with Gasteiger partial charge in [-0.1, -0.05) is 41.6 Å². The molecule has 0 spiro atoms. The third kappa shape index (κ3) is 3.19. The summed E-state index contributed by atoms with van der Waals surface area (Å²) in [5.41, 5.74) is 5.60. The number of hydrogen-bond donors (Lipinski definition) is 1. The quantitative estimate of drug-likeness (QED) is 0.648. The van der Waals surface area contributed by atoms with E-state index in [-0.39, 0.29) is 17.6 Å². The highest BCUT2D eigenvalue weighted by atomic mass is 16.5. The molecule has 0 bridgehead atoms. The highest BCUT2D eigenvalue weighted by molar-refractivity contribution is 6.01. The van der Waals surface area contributed by atoms with Crippen molar-refractivity contribution in [3.8, 4) is 11.5 Å². The predicted octanol–water partition coefficient (Wildman–Crippen LogP) is 4.96. The maximum atomic E-state index is 13.5. The van der Waals surface area contributed by atoms with Crippen LogP contribution < -0.4 is 14.8 Å². The Balaban J connectivity index is 1.57. The molecule has 3 aromatic rings. The number of carbonyl (C=O) groups excluding carboxylic acids is 1. The van der Waals surface area contributed by atoms with E-state index in [2.05, 4.69) is 22.6 Å². The van der Waals surface area contributed by atoms with Gasteiger partial charge in [0.1, 0.15) is 0 Å². The number of anilines is 1. The highest BCUT2D eigenvalue weighted by Gasteiger charge is 2.41. The van der Waals surface area contributed by atoms with Crippen molar-refractivity contribution < 1.29 is 18.8 Å². The van der Waals surface area contributed by atoms with Gasteiger partial charge in [-0.3, -0.25) is 4.79 Å². The predicted molar refractivity (Wildman–Crippen MR) is 117 cm³/mol. The molecule has 158 valence electrons. The average Bonchev–Trinajstić information content (AvgIpc) is 3.17. The number of Topliss-reactive ketones (excluding diaryl/α,β-unsaturated/α-hetero) is 1. The van der Waals surface area contributed by atoms with Crippen molar-refractivity contribution in [2.75, 3.05) is 19.5 Å². The number of carbonyl (C=O) groups is 1. The minimum Gasteiger partial charge on any atom is -0.493 e. The van der Waals surface area contributed by atoms with Gasteiger partial charge in [0.15, 0.2) is 17.3 Å². The zero-order chi connectivity index (χ0) is 21.5. The van der Waals surface area contributed by atoms with Gasteiger partial charge in [0.2, 0.25) is 5.88 Å². The van der Waals surface area contributed by atoms with Gasteiger partial charge < -0.3 is 19.3 Å². The number of methoxy groups -OCH3 is 2. The zero-order valence-corrected chi connectivity index (χ0v) is 17.8. The summed E-state index contributed by atoms with van der Waals surface area (Å²) in [6.07, 6.45) is 1.15. The zero-order valence-electron chi connectivity index (χ0n) is 17.8. The molecule has 2 aliphatic rings. The van der Waals surface area contributed by atoms with Gasteiger partial charge in [-0.15, -0.1) is 0 Å². The van der Waals surface area contributed by atoms with Gasteiger partial charge in [0.25, 0.3) is 0 Å². The molecule has 31 heavy (non-hydrogen) atoms. The minimum atomic E-state index is -0.169. The topological polar surface area (TPSA) is 73.6 Å². The fraction of sp³-hybridized carbons (Fsp3) is 0.280. The summed E-state index contributed by atoms with van der Waals surface area (Å²) < 4.78 is 16.4. The van der Waals surface area contributed by atoms with E-state index in [1.165, 1.54) is 0 Å². The number of hydrogen-bond acceptors (Lipinski definition) is 6. The van der Waals surface area contributed by atoms with E-state index in [1.807, 2.05) is 43.3 Å². The number of ether oxygens (including phenoxy) is 2. The summed E-state index contributed by atoms with van der Waals surface area (Å²) >= 11 is 0. The lowest BCUT2D eigenvalue weighted by molar-refractivity contribution is -0.116. The van der Waals surface area contributed by atoms with Gasteiger partial charge in [-0.05, 0) is 42.5 Å². The monoisotopic (exact) mass is 416 g/mol. The molecule has 0 fully saturated rings. The number of ketones is 1. The number of aryl methyl sites for hydroxylation is 1. The Morgan fingerprint density at radius 1 is 1.00 bits per heavy atom. The number of allylic oxidation sites excluding steroid dienone is 2. The molecule has 2 heterocycles. The van der Waals surface area contributed by atoms with E-state index in [0.717, 1.165) is 33.7 Å². The highest BCUT2D eigenvalue weighted by Crippen LogP contribution is 2.49. The standard InChI is InChI=1S/C25H24N2O4/c1-14-22-23(15-7-5-4-6-8-15)24-18(26-25(22)31-27-14)11-17(12-19(24)28)16-9-10-20(29-2)21(13-16)30-3/h4-10,13,17,23,26H,11-12H2,1-3H3/t17-,23-/m1/s1. The maximum absolute atomic E-state index is 13.5. The smallest absolute Gasteiger partial charge is 0.233 e. The first-order chi connectivity index (χ1) is 15.1. The van der Waals surface area contributed by atoms with Crippen LogP contribution in [-0.2, 0) is 4.79 Å². The Morgan fingerprint density at radius 3 is 2.52 bits per heavy atom. The van der Waals surface area contributed by atoms with Crippen LogP contribution in [0.2, 0.25) is 0 Å². The first-order valence-electron chi connectivity index (χ1n) is 10.4. The van der Waals surface area contributed by atoms with E-state index >= 15 is 0 Å². The van der Waals surface area contributed by atoms with Crippen LogP contribution in [0.4, 0.5) is 5.88 Å². The van der Waals surface area contributed by atoms with Crippen LogP contribution in [0.15, 0.2) is 64.3 Å². The molecular formula is C25H24N2O4. The number of rotatable bonds is 4. The van der Waals surface area contributed by atoms with Crippen molar-refractivity contribution in [1.82, 2.24) is 5.16 Å². The number of nitrogens with one attached hydrogen (secondary N) is 1. The molecule has 0 unspecified atom stereocenters. The number of fused-ring (bicyclic) bond motifs is 1. The summed E-state index contributed by atoms with van der Waals surface area (Å²) in [5.74, 6) is 1.99. The first-order valence-corrected chi connectivity index (χ1v) is 10.4. The molecule has 0 saturated carbocycles. The molecule has 1 aliphatic carbocycles. The third-order valence-electron chi connectivity index (χ3n) is 6.27. The van der Waals surface area contributed by atoms with Crippen molar-refractivity contribution in [1.29, 1.82) is 0 Å². The Bertz CT molecular complexity index is 1180. The van der Waals surface area contributed by atoms with Crippen LogP contribution in [-0.4, -0.2) is 25.2 Å². The average molecular weight is 416 g/mol. The Kier molecular flexibility index (Phi) is 4.77. The van der Waals surface area contributed by atoms with Crippen molar-refractivity contribution in [2.24, 2.45) is 0 Å². The fourth-order valence-electron chi connectivity index (χ4n) is 4.79. The summed E-state index contributed by atoms with van der Waals surface area (Å²) in [7, 11) is 3.24. The summed E-state index contributed by atoms with van der Waals surface area (Å²) in [6.45, 7) is 1.92. The largest absolute Gasteiger partial charge is 0.493 e. The SMILES string of the molecule is COc1ccc([C@H]2CC(=O)C3=C(C2)Nc2onc(C)c2[C@H]3c2ccccc2)cc1OC.